The number of carboxylic acid groups (broad SMARTS) is 2. The summed E-state index contributed by atoms with van der Waals surface area (Å²) < 4.78 is 32.5. The Morgan fingerprint density at radius 3 is 2.42 bits per heavy atom. The van der Waals surface area contributed by atoms with E-state index in [2.05, 4.69) is 32.2 Å². The molecule has 2 heterocycles. The fourth-order valence-electron chi connectivity index (χ4n) is 6.15. The number of carbonyl (C=O) groups is 3. The van der Waals surface area contributed by atoms with Crippen molar-refractivity contribution in [3.05, 3.63) is 88.4 Å². The van der Waals surface area contributed by atoms with Gasteiger partial charge in [-0.25, -0.2) is 22.7 Å². The second kappa shape index (κ2) is 17.0. The van der Waals surface area contributed by atoms with Crippen LogP contribution in [0.4, 0.5) is 5.69 Å². The first-order valence-corrected chi connectivity index (χ1v) is 19.2. The highest BCUT2D eigenvalue weighted by Gasteiger charge is 2.36. The van der Waals surface area contributed by atoms with E-state index < -0.39 is 46.0 Å². The van der Waals surface area contributed by atoms with Gasteiger partial charge >= 0.3 is 11.9 Å². The fraction of sp³-hybridized carbons (Fsp3) is 0.400. The number of fused-ring (bicyclic) bond motifs is 1. The van der Waals surface area contributed by atoms with Gasteiger partial charge < -0.3 is 20.4 Å². The molecule has 1 unspecified atom stereocenters. The number of halogens is 1. The van der Waals surface area contributed by atoms with E-state index in [1.54, 1.807) is 19.1 Å². The van der Waals surface area contributed by atoms with E-state index in [9.17, 15) is 33.0 Å². The van der Waals surface area contributed by atoms with Crippen molar-refractivity contribution in [3.8, 4) is 0 Å². The molecule has 3 aromatic carbocycles. The Hall–Kier alpha value is -3.66. The van der Waals surface area contributed by atoms with Crippen molar-refractivity contribution >= 4 is 57.1 Å². The number of sulfonamides is 1. The number of aliphatic carboxylic acids is 2. The number of carbonyl (C=O) groups excluding carboxylic acids is 1. The number of rotatable bonds is 16. The van der Waals surface area contributed by atoms with E-state index in [0.29, 0.717) is 32.2 Å². The van der Waals surface area contributed by atoms with E-state index in [0.717, 1.165) is 34.6 Å². The molecule has 0 saturated carbocycles. The van der Waals surface area contributed by atoms with Gasteiger partial charge in [0.15, 0.2) is 0 Å². The first-order chi connectivity index (χ1) is 23.9. The Bertz CT molecular complexity index is 1780. The molecule has 2 aliphatic rings. The van der Waals surface area contributed by atoms with Crippen LogP contribution < -0.4 is 20.1 Å². The zero-order chi connectivity index (χ0) is 35.8. The number of amides is 1. The van der Waals surface area contributed by atoms with Crippen molar-refractivity contribution in [2.75, 3.05) is 11.9 Å². The number of hydrogen-bond donors (Lipinski definition) is 6. The number of likely N-dealkylation sites (tertiary alicyclic amines) is 1. The molecule has 0 spiro atoms. The summed E-state index contributed by atoms with van der Waals surface area (Å²) in [5.41, 5.74) is 3.70. The minimum atomic E-state index is -3.92. The van der Waals surface area contributed by atoms with E-state index in [4.69, 9.17) is 11.6 Å². The number of nitrogens with zero attached hydrogens (tertiary/aromatic N) is 1. The van der Waals surface area contributed by atoms with Gasteiger partial charge in [0.1, 0.15) is 17.0 Å². The Kier molecular flexibility index (Phi) is 12.8. The topological polar surface area (TPSA) is 177 Å². The summed E-state index contributed by atoms with van der Waals surface area (Å²) in [6.07, 6.45) is 4.05. The van der Waals surface area contributed by atoms with Crippen LogP contribution in [0.2, 0.25) is 5.02 Å². The molecule has 0 aromatic heterocycles. The highest BCUT2D eigenvalue weighted by molar-refractivity contribution is 7.97. The molecule has 50 heavy (non-hydrogen) atoms. The van der Waals surface area contributed by atoms with Crippen LogP contribution in [0, 0.1) is 0 Å². The minimum Gasteiger partial charge on any atom is -0.480 e. The number of anilines is 1. The normalized spacial score (nSPS) is 18.6. The van der Waals surface area contributed by atoms with E-state index in [1.165, 1.54) is 22.4 Å². The first kappa shape index (κ1) is 37.6. The molecule has 0 radical (unpaired) electrons. The molecule has 4 atom stereocenters. The summed E-state index contributed by atoms with van der Waals surface area (Å²) in [5.74, 6) is -2.56. The predicted molar refractivity (Wildman–Crippen MR) is 192 cm³/mol. The van der Waals surface area contributed by atoms with Crippen LogP contribution >= 0.6 is 23.5 Å². The fourth-order valence-corrected chi connectivity index (χ4v) is 8.65. The van der Waals surface area contributed by atoms with Crippen LogP contribution in [0.5, 0.6) is 0 Å². The minimum absolute atomic E-state index is 0.00286. The Morgan fingerprint density at radius 2 is 1.72 bits per heavy atom. The number of nitrogens with one attached hydrogen (secondary N) is 4. The lowest BCUT2D eigenvalue weighted by Gasteiger charge is -2.28. The van der Waals surface area contributed by atoms with Crippen molar-refractivity contribution in [1.82, 2.24) is 19.7 Å². The van der Waals surface area contributed by atoms with E-state index in [1.807, 2.05) is 42.5 Å². The van der Waals surface area contributed by atoms with E-state index in [-0.39, 0.29) is 29.0 Å². The standard InChI is InChI=1S/C35H42ClN5O7S2/c1-22(33(42)41-18-6-11-29(41)35(45)46)38-27(34(43)44)10-5-9-24-12-14-25(15-13-24)21-37-50(47,48)31-20-30-28(19-26(31)36)39-32(40-49-30)17-16-23-7-3-2-4-8-23/h2-4,7-8,12-15,19-20,22,27,29,32,37-40H,5-6,9-11,16-18,21H2,1H3,(H,43,44)(H,45,46)/t22-,27-,29-,32?/m0/s1. The highest BCUT2D eigenvalue weighted by atomic mass is 35.5. The lowest BCUT2D eigenvalue weighted by Crippen LogP contribution is -2.53. The number of aryl methyl sites for hydroxylation is 2. The average molecular weight is 744 g/mol. The van der Waals surface area contributed by atoms with Crippen LogP contribution in [0.25, 0.3) is 0 Å². The average Bonchev–Trinajstić information content (AvgIpc) is 3.60. The first-order valence-electron chi connectivity index (χ1n) is 16.6. The monoisotopic (exact) mass is 743 g/mol. The van der Waals surface area contributed by atoms with Crippen LogP contribution in [-0.4, -0.2) is 72.2 Å². The smallest absolute Gasteiger partial charge is 0.326 e. The van der Waals surface area contributed by atoms with Gasteiger partial charge in [-0.05, 0) is 92.6 Å². The molecule has 1 fully saturated rings. The van der Waals surface area contributed by atoms with Gasteiger partial charge in [-0.15, -0.1) is 0 Å². The van der Waals surface area contributed by atoms with Gasteiger partial charge in [0.05, 0.1) is 22.9 Å². The summed E-state index contributed by atoms with van der Waals surface area (Å²) in [5, 5.41) is 25.5. The maximum atomic E-state index is 13.3. The van der Waals surface area contributed by atoms with Gasteiger partial charge in [0, 0.05) is 18.0 Å². The molecular formula is C35H42ClN5O7S2. The summed E-state index contributed by atoms with van der Waals surface area (Å²) in [6, 6.07) is 18.1. The summed E-state index contributed by atoms with van der Waals surface area (Å²) >= 11 is 7.85. The van der Waals surface area contributed by atoms with Gasteiger partial charge in [0.2, 0.25) is 15.9 Å². The molecule has 2 aliphatic heterocycles. The SMILES string of the molecule is C[C@H](N[C@@H](CCCc1ccc(CNS(=O)(=O)c2cc3c(cc2Cl)NC(CCc2ccccc2)NS3)cc1)C(=O)O)C(=O)N1CCC[C@H]1C(=O)O. The van der Waals surface area contributed by atoms with Crippen LogP contribution in [-0.2, 0) is 43.8 Å². The quantitative estimate of drug-likeness (QED) is 0.113. The summed E-state index contributed by atoms with van der Waals surface area (Å²) in [7, 11) is -3.92. The molecule has 268 valence electrons. The summed E-state index contributed by atoms with van der Waals surface area (Å²) in [4.78, 5) is 38.2. The Balaban J connectivity index is 1.09. The molecule has 0 bridgehead atoms. The highest BCUT2D eigenvalue weighted by Crippen LogP contribution is 2.37. The van der Waals surface area contributed by atoms with Crippen LogP contribution in [0.1, 0.15) is 55.7 Å². The summed E-state index contributed by atoms with van der Waals surface area (Å²) in [6.45, 7) is 1.94. The molecular weight excluding hydrogens is 702 g/mol. The van der Waals surface area contributed by atoms with Crippen molar-refractivity contribution in [2.45, 2.75) is 92.5 Å². The number of benzene rings is 3. The van der Waals surface area contributed by atoms with Gasteiger partial charge in [-0.2, -0.15) is 0 Å². The maximum Gasteiger partial charge on any atom is 0.326 e. The predicted octanol–water partition coefficient (Wildman–Crippen LogP) is 4.63. The third-order valence-corrected chi connectivity index (χ3v) is 11.7. The molecule has 12 nitrogen and oxygen atoms in total. The molecule has 3 aromatic rings. The Labute approximate surface area is 301 Å². The third kappa shape index (κ3) is 9.77. The molecule has 1 saturated heterocycles. The van der Waals surface area contributed by atoms with Crippen molar-refractivity contribution < 1.29 is 33.0 Å². The Morgan fingerprint density at radius 1 is 1.02 bits per heavy atom. The molecule has 6 N–H and O–H groups in total. The zero-order valence-corrected chi connectivity index (χ0v) is 30.0. The van der Waals surface area contributed by atoms with Gasteiger partial charge in [0.25, 0.3) is 0 Å². The molecule has 0 aliphatic carbocycles. The molecule has 15 heteroatoms. The van der Waals surface area contributed by atoms with Crippen molar-refractivity contribution in [3.63, 3.8) is 0 Å². The van der Waals surface area contributed by atoms with Crippen LogP contribution in [0.3, 0.4) is 0 Å². The maximum absolute atomic E-state index is 13.3. The lowest BCUT2D eigenvalue weighted by atomic mass is 10.0. The second-order valence-corrected chi connectivity index (χ2v) is 15.6. The molecule has 1 amide bonds. The van der Waals surface area contributed by atoms with Crippen LogP contribution in [0.15, 0.2) is 76.5 Å². The van der Waals surface area contributed by atoms with Crippen molar-refractivity contribution in [1.29, 1.82) is 0 Å². The number of hydrogen-bond acceptors (Lipinski definition) is 9. The second-order valence-electron chi connectivity index (χ2n) is 12.6. The largest absolute Gasteiger partial charge is 0.480 e. The van der Waals surface area contributed by atoms with Gasteiger partial charge in [-0.1, -0.05) is 66.2 Å². The number of carboxylic acids is 2. The molecule has 5 rings (SSSR count). The zero-order valence-electron chi connectivity index (χ0n) is 27.6. The van der Waals surface area contributed by atoms with Crippen molar-refractivity contribution in [2.24, 2.45) is 0 Å². The lowest BCUT2D eigenvalue weighted by molar-refractivity contribution is -0.149. The van der Waals surface area contributed by atoms with E-state index >= 15 is 0 Å². The van der Waals surface area contributed by atoms with Gasteiger partial charge in [-0.3, -0.25) is 14.9 Å². The third-order valence-electron chi connectivity index (χ3n) is 8.92.